The van der Waals surface area contributed by atoms with Crippen LogP contribution < -0.4 is 0 Å². The lowest BCUT2D eigenvalue weighted by Crippen LogP contribution is -2.05. The minimum absolute atomic E-state index is 0.596. The normalized spacial score (nSPS) is 11.4. The molecule has 0 bridgehead atoms. The van der Waals surface area contributed by atoms with Crippen molar-refractivity contribution in [2.45, 2.75) is 20.4 Å². The molecule has 2 aromatic rings. The first-order chi connectivity index (χ1) is 6.66. The molecule has 14 heavy (non-hydrogen) atoms. The minimum Gasteiger partial charge on any atom is -0.244 e. The second-order valence-electron chi connectivity index (χ2n) is 3.80. The Balaban J connectivity index is 2.47. The zero-order valence-corrected chi connectivity index (χ0v) is 10.4. The first-order valence-corrected chi connectivity index (χ1v) is 5.73. The van der Waals surface area contributed by atoms with E-state index in [0.717, 1.165) is 17.6 Å². The highest BCUT2D eigenvalue weighted by atomic mass is 127. The summed E-state index contributed by atoms with van der Waals surface area (Å²) in [5.41, 5.74) is 2.11. The van der Waals surface area contributed by atoms with Crippen LogP contribution in [-0.4, -0.2) is 15.0 Å². The fourth-order valence-corrected chi connectivity index (χ4v) is 1.90. The van der Waals surface area contributed by atoms with Crippen LogP contribution in [0.3, 0.4) is 0 Å². The van der Waals surface area contributed by atoms with E-state index in [-0.39, 0.29) is 0 Å². The minimum atomic E-state index is 0.596. The number of hydrogen-bond donors (Lipinski definition) is 0. The average molecular weight is 301 g/mol. The Labute approximate surface area is 96.6 Å². The zero-order chi connectivity index (χ0) is 10.1. The molecule has 3 nitrogen and oxygen atoms in total. The van der Waals surface area contributed by atoms with Crippen LogP contribution in [-0.2, 0) is 6.54 Å². The number of benzene rings is 1. The second kappa shape index (κ2) is 3.84. The highest BCUT2D eigenvalue weighted by molar-refractivity contribution is 14.1. The number of fused-ring (bicyclic) bond motifs is 1. The first kappa shape index (κ1) is 9.89. The number of aromatic nitrogens is 3. The molecule has 2 rings (SSSR count). The smallest absolute Gasteiger partial charge is 0.114 e. The van der Waals surface area contributed by atoms with E-state index in [9.17, 15) is 0 Å². The Morgan fingerprint density at radius 1 is 1.43 bits per heavy atom. The Kier molecular flexibility index (Phi) is 2.71. The maximum absolute atomic E-state index is 4.14. The van der Waals surface area contributed by atoms with Crippen molar-refractivity contribution in [3.05, 3.63) is 21.8 Å². The lowest BCUT2D eigenvalue weighted by molar-refractivity contribution is 0.483. The molecule has 0 aliphatic rings. The van der Waals surface area contributed by atoms with Gasteiger partial charge >= 0.3 is 0 Å². The average Bonchev–Trinajstić information content (AvgIpc) is 2.47. The van der Waals surface area contributed by atoms with Gasteiger partial charge in [-0.05, 0) is 46.7 Å². The molecule has 0 unspecified atom stereocenters. The maximum Gasteiger partial charge on any atom is 0.114 e. The number of hydrogen-bond acceptors (Lipinski definition) is 2. The molecule has 0 saturated carbocycles. The maximum atomic E-state index is 4.14. The van der Waals surface area contributed by atoms with Gasteiger partial charge in [0.25, 0.3) is 0 Å². The van der Waals surface area contributed by atoms with Gasteiger partial charge in [0.05, 0.1) is 5.52 Å². The molecule has 4 heteroatoms. The summed E-state index contributed by atoms with van der Waals surface area (Å²) in [7, 11) is 0. The van der Waals surface area contributed by atoms with Crippen molar-refractivity contribution in [2.24, 2.45) is 5.92 Å². The number of halogens is 1. The summed E-state index contributed by atoms with van der Waals surface area (Å²) in [5, 5.41) is 8.28. The topological polar surface area (TPSA) is 30.7 Å². The molecule has 74 valence electrons. The highest BCUT2D eigenvalue weighted by Crippen LogP contribution is 2.15. The Hall–Kier alpha value is -0.650. The zero-order valence-electron chi connectivity index (χ0n) is 8.24. The van der Waals surface area contributed by atoms with E-state index in [1.807, 2.05) is 4.68 Å². The molecule has 0 atom stereocenters. The lowest BCUT2D eigenvalue weighted by Gasteiger charge is -2.04. The van der Waals surface area contributed by atoms with Crippen molar-refractivity contribution in [2.75, 3.05) is 0 Å². The molecule has 0 amide bonds. The quantitative estimate of drug-likeness (QED) is 0.799. The van der Waals surface area contributed by atoms with Gasteiger partial charge in [0.15, 0.2) is 0 Å². The van der Waals surface area contributed by atoms with Crippen molar-refractivity contribution in [3.63, 3.8) is 0 Å². The van der Waals surface area contributed by atoms with Gasteiger partial charge in [0.2, 0.25) is 0 Å². The molecule has 0 saturated heterocycles. The largest absolute Gasteiger partial charge is 0.244 e. The van der Waals surface area contributed by atoms with Gasteiger partial charge in [-0.1, -0.05) is 19.1 Å². The monoisotopic (exact) mass is 301 g/mol. The van der Waals surface area contributed by atoms with E-state index in [1.165, 1.54) is 3.57 Å². The van der Waals surface area contributed by atoms with E-state index < -0.39 is 0 Å². The summed E-state index contributed by atoms with van der Waals surface area (Å²) in [6.07, 6.45) is 0. The van der Waals surface area contributed by atoms with E-state index in [0.29, 0.717) is 5.92 Å². The van der Waals surface area contributed by atoms with Crippen LogP contribution in [0.25, 0.3) is 11.0 Å². The SMILES string of the molecule is CC(C)Cn1nnc2cc(I)ccc21. The van der Waals surface area contributed by atoms with Gasteiger partial charge in [0.1, 0.15) is 5.52 Å². The van der Waals surface area contributed by atoms with Gasteiger partial charge in [-0.2, -0.15) is 0 Å². The lowest BCUT2D eigenvalue weighted by atomic mass is 10.2. The molecule has 0 spiro atoms. The Morgan fingerprint density at radius 2 is 2.21 bits per heavy atom. The van der Waals surface area contributed by atoms with Gasteiger partial charge in [-0.15, -0.1) is 5.10 Å². The third kappa shape index (κ3) is 1.89. The van der Waals surface area contributed by atoms with Crippen LogP contribution in [0.5, 0.6) is 0 Å². The summed E-state index contributed by atoms with van der Waals surface area (Å²) in [6, 6.07) is 6.22. The highest BCUT2D eigenvalue weighted by Gasteiger charge is 2.05. The molecule has 1 aromatic carbocycles. The summed E-state index contributed by atoms with van der Waals surface area (Å²) >= 11 is 2.29. The molecule has 1 heterocycles. The second-order valence-corrected chi connectivity index (χ2v) is 5.04. The van der Waals surface area contributed by atoms with Crippen molar-refractivity contribution < 1.29 is 0 Å². The molecule has 0 N–H and O–H groups in total. The van der Waals surface area contributed by atoms with E-state index in [1.54, 1.807) is 0 Å². The van der Waals surface area contributed by atoms with Crippen LogP contribution >= 0.6 is 22.6 Å². The van der Waals surface area contributed by atoms with Crippen LogP contribution in [0.15, 0.2) is 18.2 Å². The molecule has 1 aromatic heterocycles. The summed E-state index contributed by atoms with van der Waals surface area (Å²) in [4.78, 5) is 0. The van der Waals surface area contributed by atoms with Crippen LogP contribution in [0.4, 0.5) is 0 Å². The van der Waals surface area contributed by atoms with Gasteiger partial charge in [-0.25, -0.2) is 4.68 Å². The summed E-state index contributed by atoms with van der Waals surface area (Å²) < 4.78 is 3.17. The molecular formula is C10H12IN3. The summed E-state index contributed by atoms with van der Waals surface area (Å²) in [6.45, 7) is 5.29. The van der Waals surface area contributed by atoms with Crippen molar-refractivity contribution >= 4 is 33.6 Å². The summed E-state index contributed by atoms with van der Waals surface area (Å²) in [5.74, 6) is 0.596. The molecular weight excluding hydrogens is 289 g/mol. The molecule has 0 radical (unpaired) electrons. The van der Waals surface area contributed by atoms with Crippen molar-refractivity contribution in [3.8, 4) is 0 Å². The van der Waals surface area contributed by atoms with Gasteiger partial charge in [-0.3, -0.25) is 0 Å². The van der Waals surface area contributed by atoms with E-state index in [2.05, 4.69) is 64.9 Å². The molecule has 0 fully saturated rings. The van der Waals surface area contributed by atoms with Crippen LogP contribution in [0.2, 0.25) is 0 Å². The molecule has 0 aliphatic carbocycles. The number of nitrogens with zero attached hydrogens (tertiary/aromatic N) is 3. The number of rotatable bonds is 2. The Morgan fingerprint density at radius 3 is 2.93 bits per heavy atom. The fourth-order valence-electron chi connectivity index (χ4n) is 1.43. The van der Waals surface area contributed by atoms with Crippen molar-refractivity contribution in [1.29, 1.82) is 0 Å². The first-order valence-electron chi connectivity index (χ1n) is 4.65. The fraction of sp³-hybridized carbons (Fsp3) is 0.400. The van der Waals surface area contributed by atoms with E-state index >= 15 is 0 Å². The van der Waals surface area contributed by atoms with Crippen molar-refractivity contribution in [1.82, 2.24) is 15.0 Å². The van der Waals surface area contributed by atoms with Gasteiger partial charge < -0.3 is 0 Å². The predicted molar refractivity (Wildman–Crippen MR) is 65.1 cm³/mol. The van der Waals surface area contributed by atoms with E-state index in [4.69, 9.17) is 0 Å². The standard InChI is InChI=1S/C10H12IN3/c1-7(2)6-14-10-4-3-8(11)5-9(10)12-13-14/h3-5,7H,6H2,1-2H3. The van der Waals surface area contributed by atoms with Gasteiger partial charge in [0, 0.05) is 10.1 Å². The van der Waals surface area contributed by atoms with Crippen LogP contribution in [0.1, 0.15) is 13.8 Å². The third-order valence-electron chi connectivity index (χ3n) is 2.01. The predicted octanol–water partition coefficient (Wildman–Crippen LogP) is 2.69. The Bertz CT molecular complexity index is 448. The molecule has 0 aliphatic heterocycles. The third-order valence-corrected chi connectivity index (χ3v) is 2.69. The van der Waals surface area contributed by atoms with Crippen LogP contribution in [0, 0.1) is 9.49 Å².